The minimum Gasteiger partial charge on any atom is -0.392 e. The summed E-state index contributed by atoms with van der Waals surface area (Å²) in [4.78, 5) is 26.2. The zero-order valence-electron chi connectivity index (χ0n) is 12.0. The highest BCUT2D eigenvalue weighted by molar-refractivity contribution is 8.78. The van der Waals surface area contributed by atoms with Crippen molar-refractivity contribution in [2.45, 2.75) is 16.2 Å². The maximum atomic E-state index is 13.0. The molecule has 8 nitrogen and oxygen atoms in total. The first kappa shape index (κ1) is 15.1. The second-order valence-corrected chi connectivity index (χ2v) is 8.36. The van der Waals surface area contributed by atoms with E-state index in [9.17, 15) is 25.1 Å². The van der Waals surface area contributed by atoms with Gasteiger partial charge in [0.25, 0.3) is 11.8 Å². The van der Waals surface area contributed by atoms with E-state index in [1.54, 1.807) is 6.07 Å². The third kappa shape index (κ3) is 1.59. The Morgan fingerprint density at radius 1 is 1.26 bits per heavy atom. The molecule has 0 aromatic heterocycles. The summed E-state index contributed by atoms with van der Waals surface area (Å²) in [6.07, 6.45) is 0.341. The highest BCUT2D eigenvalue weighted by atomic mass is 33.1. The number of carbonyl (C=O) groups excluding carboxylic acids is 2. The van der Waals surface area contributed by atoms with E-state index in [2.05, 4.69) is 0 Å². The number of hydrogen-bond donors (Lipinski definition) is 3. The molecule has 0 radical (unpaired) electrons. The van der Waals surface area contributed by atoms with Crippen molar-refractivity contribution in [1.29, 1.82) is 0 Å². The molecular formula is C13H13N3O5S2. The Kier molecular flexibility index (Phi) is 2.98. The molecule has 1 aromatic carbocycles. The van der Waals surface area contributed by atoms with Crippen LogP contribution in [-0.4, -0.2) is 55.6 Å². The molecule has 3 saturated heterocycles. The van der Waals surface area contributed by atoms with Crippen LogP contribution in [0.2, 0.25) is 0 Å². The molecule has 3 N–H and O–H groups in total. The van der Waals surface area contributed by atoms with E-state index in [0.29, 0.717) is 12.1 Å². The topological polar surface area (TPSA) is 105 Å². The average Bonchev–Trinajstić information content (AvgIpc) is 2.88. The molecule has 5 rings (SSSR count). The van der Waals surface area contributed by atoms with Crippen molar-refractivity contribution < 1.29 is 25.1 Å². The minimum atomic E-state index is -1.35. The standard InChI is InChI=1S/C13H13N3O5S2/c1-14-10(18)12-5-7-2-3-8(16(20)21)4-9(7)15(12)11(19)13(14,6-17)23-22-12/h2-4,17,20-21H,5-6H2,1H3/t12-,13-/m0/s1. The summed E-state index contributed by atoms with van der Waals surface area (Å²) < 4.78 is 0. The number of hydrogen-bond acceptors (Lipinski definition) is 8. The van der Waals surface area contributed by atoms with Crippen molar-refractivity contribution in [2.75, 3.05) is 23.8 Å². The SMILES string of the molecule is CN1C(=O)[C@@]23Cc4ccc(N(O)O)cc4N2C(=O)[C@]1(CO)SS3. The van der Waals surface area contributed by atoms with Crippen LogP contribution in [0.15, 0.2) is 18.2 Å². The normalized spacial score (nSPS) is 31.5. The number of carbonyl (C=O) groups is 2. The maximum absolute atomic E-state index is 13.0. The second-order valence-electron chi connectivity index (χ2n) is 5.68. The summed E-state index contributed by atoms with van der Waals surface area (Å²) in [5.74, 6) is -0.610. The van der Waals surface area contributed by atoms with Gasteiger partial charge < -0.3 is 10.0 Å². The number of fused-ring (bicyclic) bond motifs is 3. The molecule has 10 heteroatoms. The van der Waals surface area contributed by atoms with Gasteiger partial charge in [0.05, 0.1) is 18.0 Å². The van der Waals surface area contributed by atoms with E-state index < -0.39 is 16.3 Å². The number of rotatable bonds is 2. The van der Waals surface area contributed by atoms with Gasteiger partial charge in [-0.3, -0.25) is 24.9 Å². The smallest absolute Gasteiger partial charge is 0.268 e. The van der Waals surface area contributed by atoms with Crippen LogP contribution in [0.3, 0.4) is 0 Å². The van der Waals surface area contributed by atoms with Crippen LogP contribution in [0.5, 0.6) is 0 Å². The number of benzene rings is 1. The van der Waals surface area contributed by atoms with E-state index in [0.717, 1.165) is 5.56 Å². The van der Waals surface area contributed by atoms with Gasteiger partial charge in [-0.25, -0.2) is 0 Å². The Labute approximate surface area is 139 Å². The molecule has 4 aliphatic rings. The number of amides is 2. The number of anilines is 2. The first-order chi connectivity index (χ1) is 10.9. The quantitative estimate of drug-likeness (QED) is 0.518. The number of nitrogens with zero attached hydrogens (tertiary/aromatic N) is 3. The van der Waals surface area contributed by atoms with E-state index in [-0.39, 0.29) is 22.7 Å². The van der Waals surface area contributed by atoms with Crippen molar-refractivity contribution in [2.24, 2.45) is 0 Å². The Hall–Kier alpha value is -1.46. The molecule has 2 amide bonds. The Morgan fingerprint density at radius 2 is 2.00 bits per heavy atom. The fraction of sp³-hybridized carbons (Fsp3) is 0.385. The molecule has 3 fully saturated rings. The molecule has 1 spiro atoms. The molecule has 122 valence electrons. The summed E-state index contributed by atoms with van der Waals surface area (Å²) in [6.45, 7) is -0.487. The molecule has 4 aliphatic heterocycles. The van der Waals surface area contributed by atoms with Crippen molar-refractivity contribution in [3.05, 3.63) is 23.8 Å². The lowest BCUT2D eigenvalue weighted by molar-refractivity contribution is -0.149. The largest absolute Gasteiger partial charge is 0.392 e. The Balaban J connectivity index is 1.91. The summed E-state index contributed by atoms with van der Waals surface area (Å²) in [6, 6.07) is 4.62. The summed E-state index contributed by atoms with van der Waals surface area (Å²) in [7, 11) is 4.00. The van der Waals surface area contributed by atoms with Crippen molar-refractivity contribution >= 4 is 44.8 Å². The van der Waals surface area contributed by atoms with Gasteiger partial charge in [0.15, 0.2) is 4.87 Å². The van der Waals surface area contributed by atoms with Gasteiger partial charge in [0, 0.05) is 13.5 Å². The van der Waals surface area contributed by atoms with Crippen LogP contribution in [0, 0.1) is 0 Å². The average molecular weight is 355 g/mol. The van der Waals surface area contributed by atoms with E-state index >= 15 is 0 Å². The van der Waals surface area contributed by atoms with Gasteiger partial charge in [-0.2, -0.15) is 0 Å². The van der Waals surface area contributed by atoms with Crippen molar-refractivity contribution in [3.63, 3.8) is 0 Å². The third-order valence-electron chi connectivity index (χ3n) is 4.58. The van der Waals surface area contributed by atoms with Gasteiger partial charge in [-0.05, 0) is 28.5 Å². The molecule has 0 aliphatic carbocycles. The Morgan fingerprint density at radius 3 is 2.65 bits per heavy atom. The van der Waals surface area contributed by atoms with Crippen LogP contribution in [0.4, 0.5) is 11.4 Å². The van der Waals surface area contributed by atoms with Crippen molar-refractivity contribution in [3.8, 4) is 0 Å². The molecule has 1 aromatic rings. The lowest BCUT2D eigenvalue weighted by atomic mass is 10.0. The molecule has 2 bridgehead atoms. The first-order valence-corrected chi connectivity index (χ1v) is 8.94. The van der Waals surface area contributed by atoms with Gasteiger partial charge in [0.2, 0.25) is 4.87 Å². The second kappa shape index (κ2) is 4.54. The molecule has 23 heavy (non-hydrogen) atoms. The highest BCUT2D eigenvalue weighted by Crippen LogP contribution is 2.63. The fourth-order valence-corrected chi connectivity index (χ4v) is 6.80. The lowest BCUT2D eigenvalue weighted by Crippen LogP contribution is -2.77. The number of aliphatic hydroxyl groups excluding tert-OH is 1. The van der Waals surface area contributed by atoms with Gasteiger partial charge in [-0.1, -0.05) is 16.9 Å². The molecule has 2 atom stereocenters. The molecule has 0 saturated carbocycles. The molecule has 4 heterocycles. The lowest BCUT2D eigenvalue weighted by Gasteiger charge is -2.57. The van der Waals surface area contributed by atoms with E-state index in [1.165, 1.54) is 50.6 Å². The zero-order chi connectivity index (χ0) is 16.6. The predicted octanol–water partition coefficient (Wildman–Crippen LogP) is 0.412. The van der Waals surface area contributed by atoms with Gasteiger partial charge in [-0.15, -0.1) is 5.23 Å². The van der Waals surface area contributed by atoms with Crippen LogP contribution < -0.4 is 10.1 Å². The number of aliphatic hydroxyl groups is 1. The van der Waals surface area contributed by atoms with Gasteiger partial charge >= 0.3 is 0 Å². The fourth-order valence-electron chi connectivity index (χ4n) is 3.29. The molecule has 0 unspecified atom stereocenters. The van der Waals surface area contributed by atoms with Crippen molar-refractivity contribution in [1.82, 2.24) is 4.90 Å². The summed E-state index contributed by atoms with van der Waals surface area (Å²) in [5.41, 5.74) is 1.33. The van der Waals surface area contributed by atoms with Crippen LogP contribution in [0.1, 0.15) is 5.56 Å². The maximum Gasteiger partial charge on any atom is 0.268 e. The summed E-state index contributed by atoms with van der Waals surface area (Å²) >= 11 is 0. The first-order valence-electron chi connectivity index (χ1n) is 6.79. The van der Waals surface area contributed by atoms with E-state index in [1.807, 2.05) is 0 Å². The Bertz CT molecular complexity index is 744. The minimum absolute atomic E-state index is 0.0321. The number of likely N-dealkylation sites (N-methyl/N-ethyl adjacent to an activating group) is 1. The number of piperazine rings is 1. The third-order valence-corrected chi connectivity index (χ3v) is 8.20. The monoisotopic (exact) mass is 355 g/mol. The van der Waals surface area contributed by atoms with Gasteiger partial charge in [0.1, 0.15) is 0 Å². The van der Waals surface area contributed by atoms with Crippen LogP contribution >= 0.6 is 21.6 Å². The van der Waals surface area contributed by atoms with Crippen LogP contribution in [-0.2, 0) is 16.0 Å². The highest BCUT2D eigenvalue weighted by Gasteiger charge is 2.70. The van der Waals surface area contributed by atoms with Crippen LogP contribution in [0.25, 0.3) is 0 Å². The zero-order valence-corrected chi connectivity index (χ0v) is 13.6. The summed E-state index contributed by atoms with van der Waals surface area (Å²) in [5, 5.41) is 28.1. The predicted molar refractivity (Wildman–Crippen MR) is 84.2 cm³/mol. The van der Waals surface area contributed by atoms with E-state index in [4.69, 9.17) is 0 Å². The molecular weight excluding hydrogens is 342 g/mol.